The van der Waals surface area contributed by atoms with Crippen molar-refractivity contribution in [3.8, 4) is 0 Å². The monoisotopic (exact) mass is 534 g/mol. The van der Waals surface area contributed by atoms with Crippen LogP contribution < -0.4 is 15.6 Å². The zero-order chi connectivity index (χ0) is 27.5. The zero-order valence-corrected chi connectivity index (χ0v) is 26.0. The van der Waals surface area contributed by atoms with Crippen molar-refractivity contribution >= 4 is 23.6 Å². The predicted octanol–water partition coefficient (Wildman–Crippen LogP) is 8.85. The maximum absolute atomic E-state index is 2.54. The zero-order valence-electron chi connectivity index (χ0n) is 25.0. The summed E-state index contributed by atoms with van der Waals surface area (Å²) in [5, 5.41) is 4.64. The van der Waals surface area contributed by atoms with E-state index in [-0.39, 0.29) is 0 Å². The summed E-state index contributed by atoms with van der Waals surface area (Å²) in [7, 11) is -2.41. The molecule has 0 fully saturated rings. The van der Waals surface area contributed by atoms with Crippen molar-refractivity contribution in [2.24, 2.45) is 0 Å². The largest absolute Gasteiger partial charge is 0.158 e. The molecule has 1 aliphatic rings. The Kier molecular flexibility index (Phi) is 11.0. The maximum atomic E-state index is 2.54. The molecular weight excluding hydrogens is 485 g/mol. The summed E-state index contributed by atoms with van der Waals surface area (Å²) in [4.78, 5) is 0. The van der Waals surface area contributed by atoms with Crippen molar-refractivity contribution in [1.29, 1.82) is 0 Å². The van der Waals surface area contributed by atoms with Gasteiger partial charge in [0.1, 0.15) is 0 Å². The molecule has 0 radical (unpaired) electrons. The Morgan fingerprint density at radius 1 is 0.487 bits per heavy atom. The van der Waals surface area contributed by atoms with E-state index in [1.165, 1.54) is 87.3 Å². The van der Waals surface area contributed by atoms with E-state index in [4.69, 9.17) is 0 Å². The summed E-state index contributed by atoms with van der Waals surface area (Å²) < 4.78 is 0. The van der Waals surface area contributed by atoms with E-state index >= 15 is 0 Å². The smallest absolute Gasteiger partial charge is 0.0790 e. The molecule has 0 spiro atoms. The number of benzene rings is 3. The Morgan fingerprint density at radius 3 is 1.21 bits per heavy atom. The van der Waals surface area contributed by atoms with Crippen LogP contribution in [0.5, 0.6) is 0 Å². The summed E-state index contributed by atoms with van der Waals surface area (Å²) in [6.07, 6.45) is 20.7. The van der Waals surface area contributed by atoms with E-state index in [0.29, 0.717) is 5.54 Å². The second-order valence-corrected chi connectivity index (χ2v) is 15.5. The van der Waals surface area contributed by atoms with Crippen LogP contribution in [0.25, 0.3) is 0 Å². The third-order valence-electron chi connectivity index (χ3n) is 8.70. The number of allylic oxidation sites excluding steroid dienone is 4. The van der Waals surface area contributed by atoms with Crippen molar-refractivity contribution in [2.45, 2.75) is 104 Å². The van der Waals surface area contributed by atoms with Gasteiger partial charge in [0.15, 0.2) is 8.07 Å². The molecule has 3 aromatic carbocycles. The predicted molar refractivity (Wildman–Crippen MR) is 176 cm³/mol. The molecule has 1 aliphatic carbocycles. The van der Waals surface area contributed by atoms with Crippen LogP contribution in [0.3, 0.4) is 0 Å². The molecule has 0 aliphatic heterocycles. The highest BCUT2D eigenvalue weighted by Crippen LogP contribution is 2.37. The fraction of sp³-hybridized carbons (Fsp3) is 0.421. The number of hydrogen-bond acceptors (Lipinski definition) is 0. The number of rotatable bonds is 15. The lowest BCUT2D eigenvalue weighted by atomic mass is 10.1. The molecule has 39 heavy (non-hydrogen) atoms. The van der Waals surface area contributed by atoms with Crippen LogP contribution in [0.15, 0.2) is 96.6 Å². The second kappa shape index (κ2) is 14.7. The molecule has 0 nitrogen and oxygen atoms in total. The van der Waals surface area contributed by atoms with Gasteiger partial charge in [-0.05, 0) is 77.2 Å². The molecular formula is C38H50Si. The Balaban J connectivity index is 1.91. The SMILES string of the molecule is CCCCc1ccc([Si](c2ccc(CCCC)cc2)(c2ccc(CCCC)cc2)C2C=CC=C2CCC)cc1. The number of unbranched alkanes of at least 4 members (excludes halogenated alkanes) is 3. The summed E-state index contributed by atoms with van der Waals surface area (Å²) in [5.74, 6) is 0. The van der Waals surface area contributed by atoms with E-state index in [0.717, 1.165) is 0 Å². The van der Waals surface area contributed by atoms with Crippen molar-refractivity contribution in [3.63, 3.8) is 0 Å². The summed E-state index contributed by atoms with van der Waals surface area (Å²) >= 11 is 0. The number of hydrogen-bond donors (Lipinski definition) is 0. The molecule has 1 unspecified atom stereocenters. The first-order chi connectivity index (χ1) is 19.2. The van der Waals surface area contributed by atoms with E-state index in [1.54, 1.807) is 21.1 Å². The highest BCUT2D eigenvalue weighted by Gasteiger charge is 2.47. The first kappa shape index (κ1) is 29.3. The normalized spacial score (nSPS) is 15.1. The molecule has 1 heteroatoms. The summed E-state index contributed by atoms with van der Waals surface area (Å²) in [6, 6.07) is 29.6. The van der Waals surface area contributed by atoms with E-state index in [9.17, 15) is 0 Å². The van der Waals surface area contributed by atoms with Gasteiger partial charge in [0, 0.05) is 5.54 Å². The van der Waals surface area contributed by atoms with Crippen LogP contribution in [0, 0.1) is 0 Å². The van der Waals surface area contributed by atoms with Crippen LogP contribution in [-0.2, 0) is 19.3 Å². The lowest BCUT2D eigenvalue weighted by Gasteiger charge is -2.40. The first-order valence-electron chi connectivity index (χ1n) is 15.8. The van der Waals surface area contributed by atoms with Crippen molar-refractivity contribution in [1.82, 2.24) is 0 Å². The topological polar surface area (TPSA) is 0 Å². The average molecular weight is 535 g/mol. The Morgan fingerprint density at radius 2 is 0.872 bits per heavy atom. The van der Waals surface area contributed by atoms with E-state index in [1.807, 2.05) is 0 Å². The molecule has 206 valence electrons. The van der Waals surface area contributed by atoms with Crippen LogP contribution >= 0.6 is 0 Å². The highest BCUT2D eigenvalue weighted by atomic mass is 28.3. The lowest BCUT2D eigenvalue weighted by molar-refractivity contribution is 0.795. The minimum Gasteiger partial charge on any atom is -0.0790 e. The molecule has 0 N–H and O–H groups in total. The fourth-order valence-electron chi connectivity index (χ4n) is 6.45. The molecule has 1 atom stereocenters. The van der Waals surface area contributed by atoms with Crippen LogP contribution in [0.1, 0.15) is 95.8 Å². The fourth-order valence-corrected chi connectivity index (χ4v) is 11.8. The van der Waals surface area contributed by atoms with Crippen molar-refractivity contribution in [2.75, 3.05) is 0 Å². The molecule has 0 aromatic heterocycles. The van der Waals surface area contributed by atoms with Gasteiger partial charge in [-0.1, -0.05) is 150 Å². The van der Waals surface area contributed by atoms with Crippen molar-refractivity contribution < 1.29 is 0 Å². The van der Waals surface area contributed by atoms with Gasteiger partial charge in [-0.25, -0.2) is 0 Å². The van der Waals surface area contributed by atoms with Crippen LogP contribution in [0.4, 0.5) is 0 Å². The molecule has 0 amide bonds. The molecule has 0 bridgehead atoms. The molecule has 0 saturated heterocycles. The minimum absolute atomic E-state index is 0.446. The third-order valence-corrected chi connectivity index (χ3v) is 13.9. The van der Waals surface area contributed by atoms with Gasteiger partial charge in [-0.3, -0.25) is 0 Å². The van der Waals surface area contributed by atoms with Gasteiger partial charge in [0.2, 0.25) is 0 Å². The molecule has 4 rings (SSSR count). The first-order valence-corrected chi connectivity index (χ1v) is 17.9. The second-order valence-electron chi connectivity index (χ2n) is 11.6. The third kappa shape index (κ3) is 6.75. The maximum Gasteiger partial charge on any atom is 0.158 e. The highest BCUT2D eigenvalue weighted by molar-refractivity contribution is 7.13. The van der Waals surface area contributed by atoms with E-state index < -0.39 is 8.07 Å². The molecule has 0 heterocycles. The van der Waals surface area contributed by atoms with Crippen LogP contribution in [0.2, 0.25) is 5.54 Å². The van der Waals surface area contributed by atoms with E-state index in [2.05, 4.69) is 119 Å². The van der Waals surface area contributed by atoms with Gasteiger partial charge in [-0.2, -0.15) is 0 Å². The van der Waals surface area contributed by atoms with Gasteiger partial charge < -0.3 is 0 Å². The quantitative estimate of drug-likeness (QED) is 0.135. The minimum atomic E-state index is -2.41. The average Bonchev–Trinajstić information content (AvgIpc) is 3.44. The number of aryl methyl sites for hydroxylation is 3. The Bertz CT molecular complexity index is 1070. The standard InChI is InChI=1S/C38H50Si/c1-5-9-14-31-19-25-35(26-20-31)39(38-18-12-17-34(38)13-8-4,36-27-21-32(22-28-36)15-10-6-2)37-29-23-33(24-30-37)16-11-7-3/h12,17-30,38H,5-11,13-16H2,1-4H3. The Labute approximate surface area is 240 Å². The molecule has 3 aromatic rings. The lowest BCUT2D eigenvalue weighted by Crippen LogP contribution is -2.69. The Hall–Kier alpha value is -2.64. The van der Waals surface area contributed by atoms with Gasteiger partial charge in [0.25, 0.3) is 0 Å². The van der Waals surface area contributed by atoms with Gasteiger partial charge >= 0.3 is 0 Å². The van der Waals surface area contributed by atoms with Gasteiger partial charge in [0.05, 0.1) is 0 Å². The van der Waals surface area contributed by atoms with Crippen molar-refractivity contribution in [3.05, 3.63) is 113 Å². The van der Waals surface area contributed by atoms with Crippen LogP contribution in [-0.4, -0.2) is 8.07 Å². The molecule has 0 saturated carbocycles. The summed E-state index contributed by atoms with van der Waals surface area (Å²) in [5.41, 5.74) is 6.48. The van der Waals surface area contributed by atoms with Gasteiger partial charge in [-0.15, -0.1) is 0 Å². The summed E-state index contributed by atoms with van der Waals surface area (Å²) in [6.45, 7) is 9.19.